The van der Waals surface area contributed by atoms with Crippen LogP contribution in [0.2, 0.25) is 0 Å². The van der Waals surface area contributed by atoms with E-state index in [9.17, 15) is 50.6 Å². The average molecular weight is 1610 g/mol. The van der Waals surface area contributed by atoms with Gasteiger partial charge in [-0.3, -0.25) is 63.5 Å². The predicted molar refractivity (Wildman–Crippen MR) is 437 cm³/mol. The highest BCUT2D eigenvalue weighted by atomic mass is 19.4. The van der Waals surface area contributed by atoms with Crippen LogP contribution in [-0.2, 0) is 59.4 Å². The third-order valence-corrected chi connectivity index (χ3v) is 24.9. The Labute approximate surface area is 679 Å². The number of carbonyl (C=O) groups is 4. The quantitative estimate of drug-likeness (QED) is 0.0483. The standard InChI is InChI=1S/C30H42FN5O3.C29H37F4N5O.C29H39FN6O2/c1-20-13-34(25(12-32-20)14-35-21(2)17-39-18-26(35)16-37)15-28(38)36-19-30(3,4)29-27(36)10-23(11-33-29)9-22-5-7-24(31)8-6-22;1-19-15-37(23(14-34-19)16-36-10-4-5-25(36)29(31,32)33)17-26(39)38-18-28(2,3)27-24(38)12-21(13-35-27)11-20-6-8-22(30)9-7-20;1-19-15-35(24(14-32-19)16-34-10-9-31-28(38)20(34)2)17-26(37)36-18-29(3,4)27-25(36)12-22(13-33-27)11-21-5-7-23(30)8-6-21/h5-8,10-11,20-21,25-26,32,37H,9,12-19H2,1-4H3;6-9,12-13,19,23,25,34H,4-5,10-11,14-18H2,1-3H3;5-8,12-13,19-20,24,32H,9-11,14-18H2,1-4H3,(H,31,38)/t20-,21-,25-,26-;19-,23-,25+;19-,20-,24-/m111/s1. The van der Waals surface area contributed by atoms with Gasteiger partial charge in [-0.1, -0.05) is 77.9 Å². The van der Waals surface area contributed by atoms with Gasteiger partial charge in [0.05, 0.1) is 85.7 Å². The molecule has 0 aliphatic carbocycles. The van der Waals surface area contributed by atoms with E-state index in [1.807, 2.05) is 48.3 Å². The molecule has 116 heavy (non-hydrogen) atoms. The molecule has 9 aliphatic rings. The Bertz CT molecular complexity index is 4410. The first kappa shape index (κ1) is 86.0. The molecule has 10 atom stereocenters. The van der Waals surface area contributed by atoms with Crippen LogP contribution in [0.25, 0.3) is 0 Å². The molecule has 6 saturated heterocycles. The number of aliphatic hydroxyl groups is 1. The van der Waals surface area contributed by atoms with Crippen molar-refractivity contribution in [1.29, 1.82) is 0 Å². The summed E-state index contributed by atoms with van der Waals surface area (Å²) >= 11 is 0. The molecule has 22 nitrogen and oxygen atoms in total. The van der Waals surface area contributed by atoms with Gasteiger partial charge < -0.3 is 45.8 Å². The van der Waals surface area contributed by atoms with Crippen molar-refractivity contribution in [1.82, 2.24) is 65.6 Å². The molecular weight excluding hydrogens is 1490 g/mol. The third kappa shape index (κ3) is 20.5. The Hall–Kier alpha value is -7.87. The summed E-state index contributed by atoms with van der Waals surface area (Å²) in [5.74, 6) is -0.649. The van der Waals surface area contributed by atoms with Gasteiger partial charge in [-0.05, 0) is 161 Å². The number of anilines is 3. The second-order valence-electron chi connectivity index (χ2n) is 35.9. The van der Waals surface area contributed by atoms with Crippen LogP contribution < -0.4 is 36.0 Å². The minimum Gasteiger partial charge on any atom is -0.395 e. The number of hydrogen-bond donors (Lipinski definition) is 5. The molecule has 6 fully saturated rings. The van der Waals surface area contributed by atoms with Crippen molar-refractivity contribution in [3.05, 3.63) is 178 Å². The van der Waals surface area contributed by atoms with Gasteiger partial charge >= 0.3 is 6.18 Å². The van der Waals surface area contributed by atoms with E-state index in [0.29, 0.717) is 97.8 Å². The SMILES string of the molecule is C[C@@H]1CN(CC(=O)N2CC(C)(C)c3ncc(Cc4ccc(F)cc4)cc32)[C@@H](CN2CCC[C@H]2C(F)(F)F)CN1.C[C@@H]1CN(CC(=O)N2CC(C)(C)c3ncc(Cc4ccc(F)cc4)cc32)[C@@H](CN2CCNC(=O)[C@H]2C)CN1.C[C@@H]1CN(CC(=O)N2CC(C)(C)c3ncc(Cc4ccc(F)cc4)cc32)[C@@H](CN2[C@H](CO)COC[C@H]2C)CN1. The number of carbonyl (C=O) groups excluding carboxylic acids is 4. The number of aliphatic hydroxyl groups excluding tert-OH is 1. The molecule has 0 bridgehead atoms. The highest BCUT2D eigenvalue weighted by molar-refractivity contribution is 5.99. The van der Waals surface area contributed by atoms with Gasteiger partial charge in [0.1, 0.15) is 23.5 Å². The van der Waals surface area contributed by atoms with Crippen molar-refractivity contribution >= 4 is 40.7 Å². The van der Waals surface area contributed by atoms with Crippen LogP contribution in [0.3, 0.4) is 0 Å². The number of likely N-dealkylation sites (tertiary alicyclic amines) is 1. The number of benzene rings is 3. The summed E-state index contributed by atoms with van der Waals surface area (Å²) in [6.45, 7) is 34.7. The summed E-state index contributed by atoms with van der Waals surface area (Å²) in [6.07, 6.45) is 3.82. The topological polar surface area (TPSA) is 214 Å². The number of halogens is 6. The number of aromatic nitrogens is 3. The zero-order chi connectivity index (χ0) is 82.7. The largest absolute Gasteiger partial charge is 0.404 e. The van der Waals surface area contributed by atoms with Gasteiger partial charge in [-0.15, -0.1) is 0 Å². The van der Waals surface area contributed by atoms with Gasteiger partial charge in [-0.25, -0.2) is 13.2 Å². The van der Waals surface area contributed by atoms with Crippen molar-refractivity contribution < 1.29 is 55.4 Å². The number of nitrogens with zero attached hydrogens (tertiary/aromatic N) is 12. The van der Waals surface area contributed by atoms with Gasteiger partial charge in [0.15, 0.2) is 0 Å². The number of alkyl halides is 3. The molecule has 15 rings (SSSR count). The van der Waals surface area contributed by atoms with Crippen molar-refractivity contribution in [2.45, 2.75) is 191 Å². The highest BCUT2D eigenvalue weighted by Gasteiger charge is 2.49. The molecule has 0 saturated carbocycles. The number of piperazine rings is 4. The van der Waals surface area contributed by atoms with E-state index in [1.165, 1.54) is 36.4 Å². The maximum atomic E-state index is 13.9. The molecular formula is C88H118F6N16O6. The van der Waals surface area contributed by atoms with Gasteiger partial charge in [0.25, 0.3) is 0 Å². The fraction of sp³-hybridized carbons (Fsp3) is 0.580. The average Bonchev–Trinajstić information content (AvgIpc) is 1.62. The molecule has 3 aromatic carbocycles. The number of nitrogens with one attached hydrogen (secondary N) is 4. The van der Waals surface area contributed by atoms with Crippen LogP contribution in [-0.4, -0.2) is 277 Å². The number of morpholine rings is 1. The lowest BCUT2D eigenvalue weighted by Crippen LogP contribution is -2.64. The fourth-order valence-electron chi connectivity index (χ4n) is 18.5. The number of rotatable bonds is 19. The van der Waals surface area contributed by atoms with Crippen LogP contribution in [0.4, 0.5) is 43.4 Å². The second-order valence-corrected chi connectivity index (χ2v) is 35.9. The van der Waals surface area contributed by atoms with E-state index in [1.54, 1.807) is 46.2 Å². The predicted octanol–water partition coefficient (Wildman–Crippen LogP) is 8.22. The minimum atomic E-state index is -4.24. The van der Waals surface area contributed by atoms with Crippen LogP contribution in [0.15, 0.2) is 110 Å². The van der Waals surface area contributed by atoms with Crippen molar-refractivity contribution in [3.63, 3.8) is 0 Å². The van der Waals surface area contributed by atoms with Crippen LogP contribution >= 0.6 is 0 Å². The summed E-state index contributed by atoms with van der Waals surface area (Å²) < 4.78 is 86.5. The van der Waals surface area contributed by atoms with Crippen LogP contribution in [0.1, 0.15) is 139 Å². The molecule has 0 spiro atoms. The zero-order valence-corrected chi connectivity index (χ0v) is 69.2. The molecule has 0 unspecified atom stereocenters. The first-order chi connectivity index (χ1) is 55.1. The lowest BCUT2D eigenvalue weighted by molar-refractivity contribution is -0.177. The highest BCUT2D eigenvalue weighted by Crippen LogP contribution is 2.44. The van der Waals surface area contributed by atoms with E-state index >= 15 is 0 Å². The molecule has 4 amide bonds. The molecule has 28 heteroatoms. The van der Waals surface area contributed by atoms with E-state index in [0.717, 1.165) is 113 Å². The maximum absolute atomic E-state index is 13.9. The third-order valence-electron chi connectivity index (χ3n) is 24.9. The maximum Gasteiger partial charge on any atom is 0.404 e. The monoisotopic (exact) mass is 1610 g/mol. The lowest BCUT2D eigenvalue weighted by Gasteiger charge is -2.46. The molecule has 12 heterocycles. The Morgan fingerprint density at radius 1 is 0.500 bits per heavy atom. The smallest absolute Gasteiger partial charge is 0.395 e. The molecule has 5 N–H and O–H groups in total. The lowest BCUT2D eigenvalue weighted by atomic mass is 9.91. The minimum absolute atomic E-state index is 0.0255. The first-order valence-electron chi connectivity index (χ1n) is 41.5. The van der Waals surface area contributed by atoms with Gasteiger partial charge in [0, 0.05) is 169 Å². The Kier molecular flexibility index (Phi) is 27.0. The summed E-state index contributed by atoms with van der Waals surface area (Å²) in [5.41, 5.74) is 10.3. The number of hydrogen-bond acceptors (Lipinski definition) is 18. The van der Waals surface area contributed by atoms with E-state index < -0.39 is 12.2 Å². The summed E-state index contributed by atoms with van der Waals surface area (Å²) in [4.78, 5) is 86.4. The molecule has 628 valence electrons. The van der Waals surface area contributed by atoms with E-state index in [-0.39, 0.29) is 138 Å². The number of amides is 4. The van der Waals surface area contributed by atoms with Crippen molar-refractivity contribution in [2.75, 3.05) is 152 Å². The van der Waals surface area contributed by atoms with Gasteiger partial charge in [-0.2, -0.15) is 13.2 Å². The van der Waals surface area contributed by atoms with Crippen molar-refractivity contribution in [3.8, 4) is 0 Å². The van der Waals surface area contributed by atoms with Crippen molar-refractivity contribution in [2.24, 2.45) is 0 Å². The summed E-state index contributed by atoms with van der Waals surface area (Å²) in [5, 5.41) is 23.4. The van der Waals surface area contributed by atoms with Crippen LogP contribution in [0, 0.1) is 17.5 Å². The molecule has 0 radical (unpaired) electrons. The Morgan fingerprint density at radius 2 is 0.871 bits per heavy atom. The number of pyridine rings is 3. The number of ether oxygens (including phenoxy) is 1. The number of fused-ring (bicyclic) bond motifs is 3. The first-order valence-corrected chi connectivity index (χ1v) is 41.5. The molecule has 3 aromatic heterocycles. The molecule has 6 aromatic rings. The van der Waals surface area contributed by atoms with E-state index in [4.69, 9.17) is 19.7 Å². The Morgan fingerprint density at radius 3 is 1.24 bits per heavy atom. The Balaban J connectivity index is 0.000000151. The van der Waals surface area contributed by atoms with Crippen LogP contribution in [0.5, 0.6) is 0 Å². The summed E-state index contributed by atoms with van der Waals surface area (Å²) in [7, 11) is 0. The zero-order valence-electron chi connectivity index (χ0n) is 69.2. The normalized spacial score (nSPS) is 26.3. The molecule has 9 aliphatic heterocycles. The second kappa shape index (κ2) is 36.4. The summed E-state index contributed by atoms with van der Waals surface area (Å²) in [6, 6.07) is 24.9. The van der Waals surface area contributed by atoms with E-state index in [2.05, 4.69) is 120 Å². The van der Waals surface area contributed by atoms with Gasteiger partial charge in [0.2, 0.25) is 23.6 Å². The fourth-order valence-corrected chi connectivity index (χ4v) is 18.5.